The number of hydrogen-bond acceptors (Lipinski definition) is 3. The molecule has 1 aliphatic heterocycles. The minimum atomic E-state index is 0.113. The summed E-state index contributed by atoms with van der Waals surface area (Å²) in [6.07, 6.45) is 0.910. The average Bonchev–Trinajstić information content (AvgIpc) is 2.61. The van der Waals surface area contributed by atoms with Crippen LogP contribution < -0.4 is 10.5 Å². The molecule has 0 saturated heterocycles. The second-order valence-electron chi connectivity index (χ2n) is 3.30. The first kappa shape index (κ1) is 10.6. The zero-order valence-electron chi connectivity index (χ0n) is 8.05. The van der Waals surface area contributed by atoms with Crippen LogP contribution in [0.5, 0.6) is 5.75 Å². The highest BCUT2D eigenvalue weighted by Crippen LogP contribution is 2.34. The summed E-state index contributed by atoms with van der Waals surface area (Å²) in [5.74, 6) is 1.56. The van der Waals surface area contributed by atoms with Gasteiger partial charge in [-0.15, -0.1) is 0 Å². The monoisotopic (exact) mass is 242 g/mol. The first-order valence-electron chi connectivity index (χ1n) is 4.58. The van der Waals surface area contributed by atoms with E-state index in [0.29, 0.717) is 12.4 Å². The number of halogens is 1. The quantitative estimate of drug-likeness (QED) is 0.619. The fourth-order valence-corrected chi connectivity index (χ4v) is 2.40. The molecule has 0 spiro atoms. The van der Waals surface area contributed by atoms with E-state index in [1.54, 1.807) is 0 Å². The predicted molar refractivity (Wildman–Crippen MR) is 63.9 cm³/mol. The summed E-state index contributed by atoms with van der Waals surface area (Å²) in [4.78, 5) is 0. The highest BCUT2D eigenvalue weighted by molar-refractivity contribution is 8.13. The lowest BCUT2D eigenvalue weighted by Gasteiger charge is -2.07. The second-order valence-corrected chi connectivity index (χ2v) is 4.76. The molecule has 0 amide bonds. The van der Waals surface area contributed by atoms with Gasteiger partial charge in [0, 0.05) is 22.8 Å². The van der Waals surface area contributed by atoms with Gasteiger partial charge in [-0.25, -0.2) is 0 Å². The molecule has 1 aliphatic rings. The van der Waals surface area contributed by atoms with Crippen molar-refractivity contribution in [2.75, 3.05) is 6.61 Å². The molecule has 1 aromatic carbocycles. The van der Waals surface area contributed by atoms with E-state index < -0.39 is 0 Å². The van der Waals surface area contributed by atoms with Crippen LogP contribution in [0.25, 0.3) is 0 Å². The number of benzene rings is 1. The fraction of sp³-hybridized carbons (Fsp3) is 0.300. The van der Waals surface area contributed by atoms with Crippen molar-refractivity contribution in [3.8, 4) is 5.75 Å². The van der Waals surface area contributed by atoms with Gasteiger partial charge in [-0.2, -0.15) is 0 Å². The Morgan fingerprint density at radius 3 is 3.13 bits per heavy atom. The molecular formula is C10H11ClN2OS. The van der Waals surface area contributed by atoms with Crippen LogP contribution in [-0.2, 0) is 12.2 Å². The summed E-state index contributed by atoms with van der Waals surface area (Å²) in [5.41, 5.74) is 7.47. The largest absolute Gasteiger partial charge is 0.493 e. The van der Waals surface area contributed by atoms with Crippen LogP contribution in [0.4, 0.5) is 0 Å². The van der Waals surface area contributed by atoms with E-state index in [1.165, 1.54) is 11.8 Å². The summed E-state index contributed by atoms with van der Waals surface area (Å²) in [5, 5.41) is 7.99. The maximum absolute atomic E-state index is 7.16. The van der Waals surface area contributed by atoms with Crippen LogP contribution >= 0.6 is 23.4 Å². The number of nitrogens with two attached hydrogens (primary N) is 1. The number of nitrogens with one attached hydrogen (secondary N) is 1. The van der Waals surface area contributed by atoms with E-state index in [1.807, 2.05) is 12.1 Å². The number of rotatable bonds is 2. The van der Waals surface area contributed by atoms with Crippen LogP contribution in [-0.4, -0.2) is 11.8 Å². The van der Waals surface area contributed by atoms with E-state index in [-0.39, 0.29) is 5.17 Å². The summed E-state index contributed by atoms with van der Waals surface area (Å²) in [7, 11) is 0. The van der Waals surface area contributed by atoms with Gasteiger partial charge in [-0.05, 0) is 17.7 Å². The molecule has 1 heterocycles. The number of amidine groups is 1. The number of fused-ring (bicyclic) bond motifs is 1. The van der Waals surface area contributed by atoms with Crippen molar-refractivity contribution in [1.29, 1.82) is 5.41 Å². The van der Waals surface area contributed by atoms with Gasteiger partial charge in [0.25, 0.3) is 0 Å². The van der Waals surface area contributed by atoms with Crippen molar-refractivity contribution in [2.45, 2.75) is 12.2 Å². The summed E-state index contributed by atoms with van der Waals surface area (Å²) in [6.45, 7) is 0.716. The number of hydrogen-bond donors (Lipinski definition) is 2. The Morgan fingerprint density at radius 2 is 2.40 bits per heavy atom. The van der Waals surface area contributed by atoms with Crippen LogP contribution in [0.2, 0.25) is 5.02 Å². The maximum atomic E-state index is 7.16. The third-order valence-electron chi connectivity index (χ3n) is 2.21. The minimum Gasteiger partial charge on any atom is -0.493 e. The van der Waals surface area contributed by atoms with Gasteiger partial charge in [0.2, 0.25) is 0 Å². The highest BCUT2D eigenvalue weighted by Gasteiger charge is 2.17. The molecule has 0 fully saturated rings. The van der Waals surface area contributed by atoms with Crippen molar-refractivity contribution in [3.63, 3.8) is 0 Å². The zero-order chi connectivity index (χ0) is 10.8. The van der Waals surface area contributed by atoms with Gasteiger partial charge in [-0.1, -0.05) is 23.4 Å². The predicted octanol–water partition coefficient (Wildman–Crippen LogP) is 2.40. The lowest BCUT2D eigenvalue weighted by Crippen LogP contribution is -2.04. The van der Waals surface area contributed by atoms with Gasteiger partial charge in [0.05, 0.1) is 6.61 Å². The zero-order valence-corrected chi connectivity index (χ0v) is 9.62. The SMILES string of the molecule is N=C(N)SCc1cc(Cl)cc2c1OCC2. The first-order chi connectivity index (χ1) is 7.16. The Balaban J connectivity index is 2.26. The lowest BCUT2D eigenvalue weighted by atomic mass is 10.1. The Kier molecular flexibility index (Phi) is 3.07. The van der Waals surface area contributed by atoms with E-state index >= 15 is 0 Å². The molecule has 1 aromatic rings. The van der Waals surface area contributed by atoms with E-state index in [9.17, 15) is 0 Å². The molecule has 80 valence electrons. The minimum absolute atomic E-state index is 0.113. The molecule has 2 rings (SSSR count). The summed E-state index contributed by atoms with van der Waals surface area (Å²) in [6, 6.07) is 3.81. The highest BCUT2D eigenvalue weighted by atomic mass is 35.5. The smallest absolute Gasteiger partial charge is 0.151 e. The van der Waals surface area contributed by atoms with Crippen molar-refractivity contribution in [2.24, 2.45) is 5.73 Å². The molecule has 0 bridgehead atoms. The van der Waals surface area contributed by atoms with E-state index in [4.69, 9.17) is 27.5 Å². The second kappa shape index (κ2) is 4.33. The molecular weight excluding hydrogens is 232 g/mol. The number of thioether (sulfide) groups is 1. The third-order valence-corrected chi connectivity index (χ3v) is 3.19. The summed E-state index contributed by atoms with van der Waals surface area (Å²) < 4.78 is 5.53. The normalized spacial score (nSPS) is 13.4. The Bertz CT molecular complexity index is 409. The van der Waals surface area contributed by atoms with Gasteiger partial charge >= 0.3 is 0 Å². The van der Waals surface area contributed by atoms with Gasteiger partial charge in [0.1, 0.15) is 5.75 Å². The van der Waals surface area contributed by atoms with Crippen LogP contribution in [0.3, 0.4) is 0 Å². The molecule has 15 heavy (non-hydrogen) atoms. The number of ether oxygens (including phenoxy) is 1. The molecule has 0 unspecified atom stereocenters. The van der Waals surface area contributed by atoms with Crippen LogP contribution in [0.1, 0.15) is 11.1 Å². The van der Waals surface area contributed by atoms with Crippen molar-refractivity contribution in [3.05, 3.63) is 28.3 Å². The molecule has 3 N–H and O–H groups in total. The molecule has 0 saturated carbocycles. The summed E-state index contributed by atoms with van der Waals surface area (Å²) >= 11 is 7.28. The van der Waals surface area contributed by atoms with Crippen molar-refractivity contribution >= 4 is 28.5 Å². The van der Waals surface area contributed by atoms with Crippen molar-refractivity contribution in [1.82, 2.24) is 0 Å². The average molecular weight is 243 g/mol. The molecule has 3 nitrogen and oxygen atoms in total. The Morgan fingerprint density at radius 1 is 1.60 bits per heavy atom. The van der Waals surface area contributed by atoms with E-state index in [0.717, 1.165) is 28.3 Å². The topological polar surface area (TPSA) is 59.1 Å². The Hall–Kier alpha value is -0.870. The lowest BCUT2D eigenvalue weighted by molar-refractivity contribution is 0.354. The van der Waals surface area contributed by atoms with Crippen molar-refractivity contribution < 1.29 is 4.74 Å². The molecule has 5 heteroatoms. The van der Waals surface area contributed by atoms with Gasteiger partial charge in [-0.3, -0.25) is 5.41 Å². The van der Waals surface area contributed by atoms with Gasteiger partial charge in [0.15, 0.2) is 5.17 Å². The third kappa shape index (κ3) is 2.38. The van der Waals surface area contributed by atoms with Gasteiger partial charge < -0.3 is 10.5 Å². The molecule has 0 aliphatic carbocycles. The Labute approximate surface area is 97.5 Å². The first-order valence-corrected chi connectivity index (χ1v) is 5.94. The van der Waals surface area contributed by atoms with Crippen LogP contribution in [0.15, 0.2) is 12.1 Å². The molecule has 0 aromatic heterocycles. The molecule has 0 radical (unpaired) electrons. The maximum Gasteiger partial charge on any atom is 0.151 e. The fourth-order valence-electron chi connectivity index (χ4n) is 1.61. The van der Waals surface area contributed by atoms with E-state index in [2.05, 4.69) is 0 Å². The standard InChI is InChI=1S/C10H11ClN2OS/c11-8-3-6-1-2-14-9(6)7(4-8)5-15-10(12)13/h3-4H,1-2,5H2,(H3,12,13). The molecule has 0 atom stereocenters. The van der Waals surface area contributed by atoms with Crippen LogP contribution in [0, 0.1) is 5.41 Å².